The third kappa shape index (κ3) is 2.71. The zero-order valence-electron chi connectivity index (χ0n) is 12.3. The van der Waals surface area contributed by atoms with Gasteiger partial charge in [-0.15, -0.1) is 0 Å². The largest absolute Gasteiger partial charge is 0.377 e. The second-order valence-electron chi connectivity index (χ2n) is 5.56. The molecule has 0 aliphatic heterocycles. The Morgan fingerprint density at radius 3 is 2.80 bits per heavy atom. The van der Waals surface area contributed by atoms with E-state index < -0.39 is 0 Å². The quantitative estimate of drug-likeness (QED) is 0.910. The second-order valence-corrected chi connectivity index (χ2v) is 5.56. The molecule has 1 N–H and O–H groups in total. The van der Waals surface area contributed by atoms with Gasteiger partial charge in [0.05, 0.1) is 29.7 Å². The Kier molecular flexibility index (Phi) is 3.76. The molecule has 0 spiro atoms. The molecule has 20 heavy (non-hydrogen) atoms. The molecule has 2 aromatic heterocycles. The Hall–Kier alpha value is -1.78. The fourth-order valence-electron chi connectivity index (χ4n) is 2.88. The third-order valence-electron chi connectivity index (χ3n) is 4.09. The Morgan fingerprint density at radius 2 is 2.10 bits per heavy atom. The first-order valence-electron chi connectivity index (χ1n) is 7.58. The van der Waals surface area contributed by atoms with E-state index >= 15 is 0 Å². The lowest BCUT2D eigenvalue weighted by Gasteiger charge is -2.09. The average Bonchev–Trinajstić information content (AvgIpc) is 3.17. The van der Waals surface area contributed by atoms with Crippen LogP contribution in [0, 0.1) is 6.92 Å². The first kappa shape index (κ1) is 13.2. The summed E-state index contributed by atoms with van der Waals surface area (Å²) in [7, 11) is 0. The van der Waals surface area contributed by atoms with Gasteiger partial charge in [0.1, 0.15) is 0 Å². The highest BCUT2D eigenvalue weighted by Gasteiger charge is 2.17. The Bertz CT molecular complexity index is 563. The van der Waals surface area contributed by atoms with Crippen LogP contribution in [-0.4, -0.2) is 19.6 Å². The van der Waals surface area contributed by atoms with Crippen molar-refractivity contribution in [2.24, 2.45) is 0 Å². The van der Waals surface area contributed by atoms with Gasteiger partial charge in [0, 0.05) is 18.9 Å². The van der Waals surface area contributed by atoms with Crippen molar-refractivity contribution in [1.82, 2.24) is 19.6 Å². The molecule has 1 fully saturated rings. The highest BCUT2D eigenvalue weighted by atomic mass is 15.3. The molecule has 0 saturated heterocycles. The first-order valence-corrected chi connectivity index (χ1v) is 7.58. The number of hydrogen-bond donors (Lipinski definition) is 1. The number of nitrogens with zero attached hydrogens (tertiary/aromatic N) is 4. The van der Waals surface area contributed by atoms with E-state index in [0.29, 0.717) is 6.04 Å². The van der Waals surface area contributed by atoms with Gasteiger partial charge in [-0.2, -0.15) is 10.2 Å². The van der Waals surface area contributed by atoms with Crippen LogP contribution < -0.4 is 5.32 Å². The maximum absolute atomic E-state index is 4.69. The van der Waals surface area contributed by atoms with Gasteiger partial charge in [-0.3, -0.25) is 9.36 Å². The fourth-order valence-corrected chi connectivity index (χ4v) is 2.88. The van der Waals surface area contributed by atoms with Crippen LogP contribution in [0.1, 0.15) is 50.0 Å². The molecule has 1 aliphatic rings. The highest BCUT2D eigenvalue weighted by Crippen LogP contribution is 2.28. The molecule has 0 unspecified atom stereocenters. The lowest BCUT2D eigenvalue weighted by molar-refractivity contribution is 0.463. The maximum Gasteiger partial charge on any atom is 0.0825 e. The standard InChI is InChI=1S/C15H23N5/c1-3-19-11-15(12(2)17-19)16-10-13-8-9-20(18-13)14-6-4-5-7-14/h8-9,11,14,16H,3-7,10H2,1-2H3. The molecule has 1 aliphatic carbocycles. The molecule has 0 aromatic carbocycles. The van der Waals surface area contributed by atoms with Crippen molar-refractivity contribution >= 4 is 5.69 Å². The van der Waals surface area contributed by atoms with Crippen molar-refractivity contribution in [2.75, 3.05) is 5.32 Å². The molecular formula is C15H23N5. The third-order valence-corrected chi connectivity index (χ3v) is 4.09. The van der Waals surface area contributed by atoms with Crippen molar-refractivity contribution in [3.63, 3.8) is 0 Å². The van der Waals surface area contributed by atoms with Gasteiger partial charge in [-0.25, -0.2) is 0 Å². The normalized spacial score (nSPS) is 15.9. The van der Waals surface area contributed by atoms with Crippen LogP contribution in [0.2, 0.25) is 0 Å². The average molecular weight is 273 g/mol. The van der Waals surface area contributed by atoms with Crippen LogP contribution >= 0.6 is 0 Å². The van der Waals surface area contributed by atoms with E-state index in [4.69, 9.17) is 5.10 Å². The summed E-state index contributed by atoms with van der Waals surface area (Å²) >= 11 is 0. The van der Waals surface area contributed by atoms with Crippen LogP contribution in [0.5, 0.6) is 0 Å². The van der Waals surface area contributed by atoms with Gasteiger partial charge < -0.3 is 5.32 Å². The molecule has 3 rings (SSSR count). The molecule has 0 bridgehead atoms. The molecule has 1 saturated carbocycles. The van der Waals surface area contributed by atoms with Gasteiger partial charge in [0.25, 0.3) is 0 Å². The van der Waals surface area contributed by atoms with E-state index in [2.05, 4.69) is 40.5 Å². The summed E-state index contributed by atoms with van der Waals surface area (Å²) < 4.78 is 4.10. The second kappa shape index (κ2) is 5.69. The monoisotopic (exact) mass is 273 g/mol. The predicted octanol–water partition coefficient (Wildman–Crippen LogP) is 3.14. The fraction of sp³-hybridized carbons (Fsp3) is 0.600. The smallest absolute Gasteiger partial charge is 0.0825 e. The topological polar surface area (TPSA) is 47.7 Å². The van der Waals surface area contributed by atoms with E-state index in [0.717, 1.165) is 30.2 Å². The summed E-state index contributed by atoms with van der Waals surface area (Å²) in [6.07, 6.45) is 9.41. The summed E-state index contributed by atoms with van der Waals surface area (Å²) in [6, 6.07) is 2.73. The van der Waals surface area contributed by atoms with Crippen molar-refractivity contribution in [3.8, 4) is 0 Å². The summed E-state index contributed by atoms with van der Waals surface area (Å²) in [5, 5.41) is 12.6. The van der Waals surface area contributed by atoms with Gasteiger partial charge in [-0.1, -0.05) is 12.8 Å². The van der Waals surface area contributed by atoms with Gasteiger partial charge in [0.15, 0.2) is 0 Å². The zero-order valence-corrected chi connectivity index (χ0v) is 12.3. The molecule has 108 valence electrons. The van der Waals surface area contributed by atoms with E-state index in [-0.39, 0.29) is 0 Å². The van der Waals surface area contributed by atoms with E-state index in [1.54, 1.807) is 0 Å². The zero-order chi connectivity index (χ0) is 13.9. The van der Waals surface area contributed by atoms with Crippen molar-refractivity contribution in [1.29, 1.82) is 0 Å². The Balaban J connectivity index is 1.61. The summed E-state index contributed by atoms with van der Waals surface area (Å²) in [5.74, 6) is 0. The van der Waals surface area contributed by atoms with Crippen LogP contribution in [0.15, 0.2) is 18.5 Å². The number of rotatable bonds is 5. The summed E-state index contributed by atoms with van der Waals surface area (Å²) in [4.78, 5) is 0. The minimum atomic E-state index is 0.619. The summed E-state index contributed by atoms with van der Waals surface area (Å²) in [6.45, 7) is 5.79. The number of nitrogens with one attached hydrogen (secondary N) is 1. The molecule has 0 atom stereocenters. The molecule has 5 nitrogen and oxygen atoms in total. The first-order chi connectivity index (χ1) is 9.76. The molecule has 0 radical (unpaired) electrons. The maximum atomic E-state index is 4.69. The number of anilines is 1. The van der Waals surface area contributed by atoms with Gasteiger partial charge in [0.2, 0.25) is 0 Å². The van der Waals surface area contributed by atoms with Crippen molar-refractivity contribution in [2.45, 2.75) is 58.7 Å². The molecule has 2 aromatic rings. The van der Waals surface area contributed by atoms with Gasteiger partial charge >= 0.3 is 0 Å². The minimum absolute atomic E-state index is 0.619. The molecule has 5 heteroatoms. The van der Waals surface area contributed by atoms with Crippen LogP contribution in [0.25, 0.3) is 0 Å². The Morgan fingerprint density at radius 1 is 1.30 bits per heavy atom. The number of aromatic nitrogens is 4. The molecule has 2 heterocycles. The van der Waals surface area contributed by atoms with Crippen molar-refractivity contribution in [3.05, 3.63) is 29.8 Å². The molecular weight excluding hydrogens is 250 g/mol. The summed E-state index contributed by atoms with van der Waals surface area (Å²) in [5.41, 5.74) is 3.24. The lowest BCUT2D eigenvalue weighted by atomic mass is 10.3. The highest BCUT2D eigenvalue weighted by molar-refractivity contribution is 5.45. The van der Waals surface area contributed by atoms with Gasteiger partial charge in [-0.05, 0) is 32.8 Å². The SMILES string of the molecule is CCn1cc(NCc2ccn(C3CCCC3)n2)c(C)n1. The Labute approximate surface area is 120 Å². The minimum Gasteiger partial charge on any atom is -0.377 e. The lowest BCUT2D eigenvalue weighted by Crippen LogP contribution is -2.07. The van der Waals surface area contributed by atoms with E-state index in [1.165, 1.54) is 25.7 Å². The molecule has 0 amide bonds. The predicted molar refractivity (Wildman–Crippen MR) is 79.7 cm³/mol. The number of aryl methyl sites for hydroxylation is 2. The van der Waals surface area contributed by atoms with E-state index in [1.807, 2.05) is 11.6 Å². The van der Waals surface area contributed by atoms with Crippen molar-refractivity contribution < 1.29 is 0 Å². The van der Waals surface area contributed by atoms with Crippen LogP contribution in [0.4, 0.5) is 5.69 Å². The van der Waals surface area contributed by atoms with Crippen LogP contribution in [0.3, 0.4) is 0 Å². The van der Waals surface area contributed by atoms with Crippen LogP contribution in [-0.2, 0) is 13.1 Å². The van der Waals surface area contributed by atoms with E-state index in [9.17, 15) is 0 Å². The number of hydrogen-bond acceptors (Lipinski definition) is 3.